The summed E-state index contributed by atoms with van der Waals surface area (Å²) >= 11 is 5.70. The van der Waals surface area contributed by atoms with Gasteiger partial charge >= 0.3 is 0 Å². The fourth-order valence-corrected chi connectivity index (χ4v) is 2.32. The molecule has 0 amide bonds. The van der Waals surface area contributed by atoms with Crippen molar-refractivity contribution in [3.05, 3.63) is 48.8 Å². The molecule has 1 aromatic carbocycles. The van der Waals surface area contributed by atoms with E-state index >= 15 is 0 Å². The van der Waals surface area contributed by atoms with E-state index in [4.69, 9.17) is 11.6 Å². The average molecular weight is 286 g/mol. The zero-order chi connectivity index (χ0) is 13.9. The number of aromatic nitrogens is 3. The van der Waals surface area contributed by atoms with E-state index in [0.717, 1.165) is 16.6 Å². The second-order valence-corrected chi connectivity index (χ2v) is 4.71. The molecule has 5 heteroatoms. The molecule has 0 N–H and O–H groups in total. The highest BCUT2D eigenvalue weighted by atomic mass is 35.5. The van der Waals surface area contributed by atoms with Crippen molar-refractivity contribution in [1.82, 2.24) is 14.5 Å². The van der Waals surface area contributed by atoms with Crippen molar-refractivity contribution in [1.29, 1.82) is 0 Å². The van der Waals surface area contributed by atoms with Gasteiger partial charge in [0.2, 0.25) is 5.91 Å². The number of benzene rings is 1. The first kappa shape index (κ1) is 12.8. The molecule has 0 fully saturated rings. The van der Waals surface area contributed by atoms with Gasteiger partial charge in [-0.05, 0) is 24.3 Å². The summed E-state index contributed by atoms with van der Waals surface area (Å²) in [6.45, 7) is 0. The van der Waals surface area contributed by atoms with Gasteiger partial charge in [-0.25, -0.2) is 4.98 Å². The molecule has 0 bridgehead atoms. The predicted molar refractivity (Wildman–Crippen MR) is 78.9 cm³/mol. The van der Waals surface area contributed by atoms with Crippen LogP contribution in [-0.4, -0.2) is 26.3 Å². The number of halogens is 1. The minimum Gasteiger partial charge on any atom is -0.274 e. The van der Waals surface area contributed by atoms with Crippen LogP contribution in [0.5, 0.6) is 0 Å². The Bertz CT molecular complexity index is 752. The molecular formula is C15H12ClN3O. The third-order valence-corrected chi connectivity index (χ3v) is 3.23. The molecule has 0 saturated heterocycles. The van der Waals surface area contributed by atoms with Crippen LogP contribution in [0.25, 0.3) is 22.4 Å². The number of rotatable bonds is 3. The molecule has 0 aliphatic heterocycles. The van der Waals surface area contributed by atoms with Crippen LogP contribution in [-0.2, 0) is 0 Å². The Hall–Kier alpha value is -2.20. The SMILES string of the molecule is O=C(CCCl)n1c(-c2cccnc2)nc2ccccc21. The lowest BCUT2D eigenvalue weighted by Crippen LogP contribution is -2.12. The number of pyridine rings is 1. The van der Waals surface area contributed by atoms with Gasteiger partial charge in [-0.15, -0.1) is 11.6 Å². The van der Waals surface area contributed by atoms with Crippen molar-refractivity contribution in [3.63, 3.8) is 0 Å². The topological polar surface area (TPSA) is 47.8 Å². The Morgan fingerprint density at radius 1 is 1.20 bits per heavy atom. The molecule has 0 saturated carbocycles. The van der Waals surface area contributed by atoms with Crippen molar-refractivity contribution < 1.29 is 4.79 Å². The maximum absolute atomic E-state index is 12.3. The van der Waals surface area contributed by atoms with Crippen molar-refractivity contribution >= 4 is 28.5 Å². The van der Waals surface area contributed by atoms with E-state index in [1.54, 1.807) is 17.0 Å². The fraction of sp³-hybridized carbons (Fsp3) is 0.133. The van der Waals surface area contributed by atoms with Crippen LogP contribution in [0.4, 0.5) is 0 Å². The lowest BCUT2D eigenvalue weighted by Gasteiger charge is -2.06. The van der Waals surface area contributed by atoms with Gasteiger partial charge in [0.15, 0.2) is 0 Å². The Morgan fingerprint density at radius 3 is 2.80 bits per heavy atom. The minimum atomic E-state index is -0.0625. The summed E-state index contributed by atoms with van der Waals surface area (Å²) in [4.78, 5) is 21.0. The zero-order valence-electron chi connectivity index (χ0n) is 10.7. The van der Waals surface area contributed by atoms with E-state index < -0.39 is 0 Å². The maximum Gasteiger partial charge on any atom is 0.234 e. The molecule has 0 spiro atoms. The molecule has 0 radical (unpaired) electrons. The molecule has 0 unspecified atom stereocenters. The molecule has 20 heavy (non-hydrogen) atoms. The summed E-state index contributed by atoms with van der Waals surface area (Å²) in [5, 5.41) is 0. The van der Waals surface area contributed by atoms with Gasteiger partial charge < -0.3 is 0 Å². The van der Waals surface area contributed by atoms with Crippen molar-refractivity contribution in [2.75, 3.05) is 5.88 Å². The van der Waals surface area contributed by atoms with Crippen molar-refractivity contribution in [3.8, 4) is 11.4 Å². The summed E-state index contributed by atoms with van der Waals surface area (Å²) in [6.07, 6.45) is 3.66. The molecule has 4 nitrogen and oxygen atoms in total. The van der Waals surface area contributed by atoms with E-state index in [9.17, 15) is 4.79 Å². The van der Waals surface area contributed by atoms with Crippen LogP contribution < -0.4 is 0 Å². The molecule has 3 rings (SSSR count). The molecule has 0 aliphatic rings. The number of hydrogen-bond donors (Lipinski definition) is 0. The molecule has 0 aliphatic carbocycles. The number of hydrogen-bond acceptors (Lipinski definition) is 3. The number of carbonyl (C=O) groups excluding carboxylic acids is 1. The minimum absolute atomic E-state index is 0.0625. The first-order valence-corrected chi connectivity index (χ1v) is 6.82. The van der Waals surface area contributed by atoms with Crippen LogP contribution in [0, 0.1) is 0 Å². The quantitative estimate of drug-likeness (QED) is 0.693. The molecular weight excluding hydrogens is 274 g/mol. The molecule has 2 heterocycles. The third kappa shape index (κ3) is 2.18. The van der Waals surface area contributed by atoms with Crippen LogP contribution >= 0.6 is 11.6 Å². The van der Waals surface area contributed by atoms with E-state index in [1.807, 2.05) is 36.4 Å². The van der Waals surface area contributed by atoms with Crippen LogP contribution in [0.15, 0.2) is 48.8 Å². The monoisotopic (exact) mass is 285 g/mol. The van der Waals surface area contributed by atoms with Gasteiger partial charge in [0, 0.05) is 30.3 Å². The highest BCUT2D eigenvalue weighted by Crippen LogP contribution is 2.24. The smallest absolute Gasteiger partial charge is 0.234 e. The largest absolute Gasteiger partial charge is 0.274 e. The zero-order valence-corrected chi connectivity index (χ0v) is 11.4. The highest BCUT2D eigenvalue weighted by Gasteiger charge is 2.17. The van der Waals surface area contributed by atoms with Gasteiger partial charge in [-0.2, -0.15) is 0 Å². The second-order valence-electron chi connectivity index (χ2n) is 4.33. The normalized spacial score (nSPS) is 10.8. The molecule has 3 aromatic rings. The second kappa shape index (κ2) is 5.43. The standard InChI is InChI=1S/C15H12ClN3O/c16-8-7-14(20)19-13-6-2-1-5-12(13)18-15(19)11-4-3-9-17-10-11/h1-6,9-10H,7-8H2. The van der Waals surface area contributed by atoms with E-state index in [0.29, 0.717) is 5.82 Å². The van der Waals surface area contributed by atoms with Gasteiger partial charge in [0.05, 0.1) is 11.0 Å². The number of fused-ring (bicyclic) bond motifs is 1. The van der Waals surface area contributed by atoms with Gasteiger partial charge in [-0.3, -0.25) is 14.3 Å². The van der Waals surface area contributed by atoms with Crippen LogP contribution in [0.1, 0.15) is 11.2 Å². The summed E-state index contributed by atoms with van der Waals surface area (Å²) in [5.41, 5.74) is 2.39. The van der Waals surface area contributed by atoms with Crippen LogP contribution in [0.3, 0.4) is 0 Å². The number of nitrogens with zero attached hydrogens (tertiary/aromatic N) is 3. The lowest BCUT2D eigenvalue weighted by atomic mass is 10.2. The van der Waals surface area contributed by atoms with E-state index in [1.165, 1.54) is 0 Å². The molecule has 100 valence electrons. The molecule has 2 aromatic heterocycles. The maximum atomic E-state index is 12.3. The average Bonchev–Trinajstić information content (AvgIpc) is 2.88. The lowest BCUT2D eigenvalue weighted by molar-refractivity contribution is 0.0916. The van der Waals surface area contributed by atoms with E-state index in [-0.39, 0.29) is 18.2 Å². The first-order valence-electron chi connectivity index (χ1n) is 6.28. The van der Waals surface area contributed by atoms with Crippen LogP contribution in [0.2, 0.25) is 0 Å². The molecule has 0 atom stereocenters. The van der Waals surface area contributed by atoms with Gasteiger partial charge in [0.1, 0.15) is 5.82 Å². The number of carbonyl (C=O) groups is 1. The Kier molecular flexibility index (Phi) is 3.48. The number of para-hydroxylation sites is 2. The van der Waals surface area contributed by atoms with Crippen molar-refractivity contribution in [2.24, 2.45) is 0 Å². The summed E-state index contributed by atoms with van der Waals surface area (Å²) in [7, 11) is 0. The summed E-state index contributed by atoms with van der Waals surface area (Å²) < 4.78 is 1.62. The highest BCUT2D eigenvalue weighted by molar-refractivity contribution is 6.19. The predicted octanol–water partition coefficient (Wildman–Crippen LogP) is 3.37. The van der Waals surface area contributed by atoms with Crippen molar-refractivity contribution in [2.45, 2.75) is 6.42 Å². The van der Waals surface area contributed by atoms with Gasteiger partial charge in [-0.1, -0.05) is 12.1 Å². The Morgan fingerprint density at radius 2 is 2.05 bits per heavy atom. The Balaban J connectivity index is 2.25. The number of alkyl halides is 1. The van der Waals surface area contributed by atoms with E-state index in [2.05, 4.69) is 9.97 Å². The fourth-order valence-electron chi connectivity index (χ4n) is 2.16. The summed E-state index contributed by atoms with van der Waals surface area (Å²) in [5.74, 6) is 0.833. The Labute approximate surface area is 121 Å². The third-order valence-electron chi connectivity index (χ3n) is 3.04. The first-order chi connectivity index (χ1) is 9.81. The van der Waals surface area contributed by atoms with Gasteiger partial charge in [0.25, 0.3) is 0 Å². The summed E-state index contributed by atoms with van der Waals surface area (Å²) in [6, 6.07) is 11.3. The number of imidazole rings is 1.